The first-order valence-electron chi connectivity index (χ1n) is 9.07. The number of hydrogen-bond donors (Lipinski definition) is 2. The first kappa shape index (κ1) is 18.5. The zero-order chi connectivity index (χ0) is 17.7. The summed E-state index contributed by atoms with van der Waals surface area (Å²) in [6.45, 7) is 8.03. The van der Waals surface area contributed by atoms with Crippen molar-refractivity contribution in [1.82, 2.24) is 5.32 Å². The molecule has 4 nitrogen and oxygen atoms in total. The molecule has 1 aromatic rings. The Bertz CT molecular complexity index is 583. The van der Waals surface area contributed by atoms with Crippen molar-refractivity contribution in [2.75, 3.05) is 5.32 Å². The molecule has 2 amide bonds. The molecule has 0 saturated heterocycles. The first-order valence-corrected chi connectivity index (χ1v) is 9.07. The molecule has 132 valence electrons. The Morgan fingerprint density at radius 1 is 1.12 bits per heavy atom. The number of nitrogens with one attached hydrogen (secondary N) is 2. The van der Waals surface area contributed by atoms with Gasteiger partial charge in [0.1, 0.15) is 6.04 Å². The second-order valence-corrected chi connectivity index (χ2v) is 7.40. The van der Waals surface area contributed by atoms with Gasteiger partial charge in [0.05, 0.1) is 0 Å². The minimum absolute atomic E-state index is 0.0285. The molecule has 0 bridgehead atoms. The van der Waals surface area contributed by atoms with Gasteiger partial charge < -0.3 is 10.6 Å². The minimum Gasteiger partial charge on any atom is -0.344 e. The van der Waals surface area contributed by atoms with Crippen molar-refractivity contribution in [3.63, 3.8) is 0 Å². The van der Waals surface area contributed by atoms with E-state index in [2.05, 4.69) is 17.6 Å². The Morgan fingerprint density at radius 2 is 1.79 bits per heavy atom. The van der Waals surface area contributed by atoms with Crippen LogP contribution in [0.4, 0.5) is 5.69 Å². The van der Waals surface area contributed by atoms with Gasteiger partial charge in [-0.1, -0.05) is 51.8 Å². The molecule has 2 rings (SSSR count). The number of anilines is 1. The molecule has 2 N–H and O–H groups in total. The highest BCUT2D eigenvalue weighted by molar-refractivity contribution is 5.98. The second-order valence-electron chi connectivity index (χ2n) is 7.40. The Kier molecular flexibility index (Phi) is 6.41. The van der Waals surface area contributed by atoms with Crippen LogP contribution >= 0.6 is 0 Å². The van der Waals surface area contributed by atoms with Gasteiger partial charge in [0, 0.05) is 11.6 Å². The average molecular weight is 330 g/mol. The van der Waals surface area contributed by atoms with Crippen molar-refractivity contribution in [2.45, 2.75) is 59.4 Å². The standard InChI is InChI=1S/C20H30N2O2/c1-13(2)18(20(24)21-17-12-8-6-10-15(17)4)22-19(23)16-11-7-5-9-14(16)3/h6,8,10,12-14,16,18H,5,7,9,11H2,1-4H3,(H,21,24)(H,22,23)/t14-,16-,18-/m1/s1. The van der Waals surface area contributed by atoms with Crippen LogP contribution in [0.5, 0.6) is 0 Å². The fourth-order valence-electron chi connectivity index (χ4n) is 3.42. The number of amides is 2. The smallest absolute Gasteiger partial charge is 0.247 e. The lowest BCUT2D eigenvalue weighted by Crippen LogP contribution is -2.50. The van der Waals surface area contributed by atoms with Gasteiger partial charge in [-0.25, -0.2) is 0 Å². The van der Waals surface area contributed by atoms with Crippen LogP contribution in [-0.4, -0.2) is 17.9 Å². The van der Waals surface area contributed by atoms with E-state index in [0.717, 1.165) is 30.5 Å². The van der Waals surface area contributed by atoms with Crippen LogP contribution in [0.1, 0.15) is 52.0 Å². The Labute approximate surface area is 145 Å². The summed E-state index contributed by atoms with van der Waals surface area (Å²) in [4.78, 5) is 25.3. The lowest BCUT2D eigenvalue weighted by Gasteiger charge is -2.30. The molecule has 3 atom stereocenters. The fraction of sp³-hybridized carbons (Fsp3) is 0.600. The molecule has 4 heteroatoms. The number of para-hydroxylation sites is 1. The predicted molar refractivity (Wildman–Crippen MR) is 97.7 cm³/mol. The van der Waals surface area contributed by atoms with E-state index in [9.17, 15) is 9.59 Å². The van der Waals surface area contributed by atoms with Crippen LogP contribution < -0.4 is 10.6 Å². The Hall–Kier alpha value is -1.84. The zero-order valence-electron chi connectivity index (χ0n) is 15.3. The zero-order valence-corrected chi connectivity index (χ0v) is 15.3. The maximum Gasteiger partial charge on any atom is 0.247 e. The lowest BCUT2D eigenvalue weighted by atomic mass is 9.79. The maximum absolute atomic E-state index is 12.7. The van der Waals surface area contributed by atoms with Crippen LogP contribution in [0.3, 0.4) is 0 Å². The lowest BCUT2D eigenvalue weighted by molar-refractivity contribution is -0.132. The third kappa shape index (κ3) is 4.59. The van der Waals surface area contributed by atoms with Gasteiger partial charge in [-0.3, -0.25) is 9.59 Å². The Balaban J connectivity index is 2.04. The first-order chi connectivity index (χ1) is 11.4. The molecule has 1 fully saturated rings. The quantitative estimate of drug-likeness (QED) is 0.860. The van der Waals surface area contributed by atoms with Crippen molar-refractivity contribution >= 4 is 17.5 Å². The number of rotatable bonds is 5. The molecule has 1 aliphatic carbocycles. The highest BCUT2D eigenvalue weighted by Crippen LogP contribution is 2.30. The van der Waals surface area contributed by atoms with Crippen molar-refractivity contribution < 1.29 is 9.59 Å². The van der Waals surface area contributed by atoms with Crippen molar-refractivity contribution in [1.29, 1.82) is 0 Å². The van der Waals surface area contributed by atoms with Gasteiger partial charge in [-0.15, -0.1) is 0 Å². The molecule has 1 saturated carbocycles. The molecule has 1 aromatic carbocycles. The summed E-state index contributed by atoms with van der Waals surface area (Å²) in [5, 5.41) is 5.96. The number of benzene rings is 1. The number of carbonyl (C=O) groups excluding carboxylic acids is 2. The van der Waals surface area contributed by atoms with Gasteiger partial charge >= 0.3 is 0 Å². The van der Waals surface area contributed by atoms with E-state index in [-0.39, 0.29) is 23.7 Å². The number of carbonyl (C=O) groups is 2. The van der Waals surface area contributed by atoms with Gasteiger partial charge in [0.2, 0.25) is 11.8 Å². The summed E-state index contributed by atoms with van der Waals surface area (Å²) in [7, 11) is 0. The van der Waals surface area contributed by atoms with Crippen molar-refractivity contribution in [3.8, 4) is 0 Å². The molecule has 0 heterocycles. The summed E-state index contributed by atoms with van der Waals surface area (Å²) < 4.78 is 0. The van der Waals surface area contributed by atoms with E-state index < -0.39 is 6.04 Å². The fourth-order valence-corrected chi connectivity index (χ4v) is 3.42. The van der Waals surface area contributed by atoms with Crippen molar-refractivity contribution in [3.05, 3.63) is 29.8 Å². The van der Waals surface area contributed by atoms with Crippen LogP contribution in [-0.2, 0) is 9.59 Å². The molecule has 0 aromatic heterocycles. The summed E-state index contributed by atoms with van der Waals surface area (Å²) in [5.41, 5.74) is 1.81. The molecular weight excluding hydrogens is 300 g/mol. The van der Waals surface area contributed by atoms with E-state index >= 15 is 0 Å². The number of aryl methyl sites for hydroxylation is 1. The van der Waals surface area contributed by atoms with Crippen LogP contribution in [0.2, 0.25) is 0 Å². The highest BCUT2D eigenvalue weighted by atomic mass is 16.2. The summed E-state index contributed by atoms with van der Waals surface area (Å²) in [6, 6.07) is 7.18. The number of hydrogen-bond acceptors (Lipinski definition) is 2. The normalized spacial score (nSPS) is 22.0. The largest absolute Gasteiger partial charge is 0.344 e. The van der Waals surface area contributed by atoms with E-state index in [1.165, 1.54) is 6.42 Å². The summed E-state index contributed by atoms with van der Waals surface area (Å²) in [6.07, 6.45) is 4.33. The van der Waals surface area contributed by atoms with Crippen LogP contribution in [0.25, 0.3) is 0 Å². The maximum atomic E-state index is 12.7. The van der Waals surface area contributed by atoms with Gasteiger partial charge in [-0.2, -0.15) is 0 Å². The highest BCUT2D eigenvalue weighted by Gasteiger charge is 2.32. The van der Waals surface area contributed by atoms with E-state index in [1.54, 1.807) is 0 Å². The second kappa shape index (κ2) is 8.32. The summed E-state index contributed by atoms with van der Waals surface area (Å²) in [5.74, 6) is 0.353. The third-order valence-electron chi connectivity index (χ3n) is 5.10. The molecule has 0 spiro atoms. The molecular formula is C20H30N2O2. The topological polar surface area (TPSA) is 58.2 Å². The average Bonchev–Trinajstić information content (AvgIpc) is 2.54. The molecule has 0 unspecified atom stereocenters. The third-order valence-corrected chi connectivity index (χ3v) is 5.10. The predicted octanol–water partition coefficient (Wildman–Crippen LogP) is 3.90. The van der Waals surface area contributed by atoms with Gasteiger partial charge in [0.25, 0.3) is 0 Å². The molecule has 1 aliphatic rings. The molecule has 0 radical (unpaired) electrons. The molecule has 24 heavy (non-hydrogen) atoms. The Morgan fingerprint density at radius 3 is 2.42 bits per heavy atom. The van der Waals surface area contributed by atoms with Gasteiger partial charge in [-0.05, 0) is 43.2 Å². The van der Waals surface area contributed by atoms with E-state index in [4.69, 9.17) is 0 Å². The van der Waals surface area contributed by atoms with Crippen LogP contribution in [0.15, 0.2) is 24.3 Å². The van der Waals surface area contributed by atoms with E-state index in [1.807, 2.05) is 45.0 Å². The van der Waals surface area contributed by atoms with Crippen LogP contribution in [0, 0.1) is 24.7 Å². The summed E-state index contributed by atoms with van der Waals surface area (Å²) >= 11 is 0. The van der Waals surface area contributed by atoms with Crippen molar-refractivity contribution in [2.24, 2.45) is 17.8 Å². The SMILES string of the molecule is Cc1ccccc1NC(=O)[C@H](NC(=O)[C@@H]1CCCC[C@H]1C)C(C)C. The van der Waals surface area contributed by atoms with E-state index in [0.29, 0.717) is 5.92 Å². The minimum atomic E-state index is -0.508. The monoisotopic (exact) mass is 330 g/mol. The van der Waals surface area contributed by atoms with Gasteiger partial charge in [0.15, 0.2) is 0 Å². The molecule has 0 aliphatic heterocycles.